The second-order valence-corrected chi connectivity index (χ2v) is 7.59. The molecule has 1 aromatic heterocycles. The van der Waals surface area contributed by atoms with Gasteiger partial charge < -0.3 is 9.84 Å². The number of morpholine rings is 1. The first-order chi connectivity index (χ1) is 13.0. The van der Waals surface area contributed by atoms with Gasteiger partial charge in [0.2, 0.25) is 0 Å². The van der Waals surface area contributed by atoms with Crippen LogP contribution in [0.25, 0.3) is 5.69 Å². The number of ether oxygens (including phenoxy) is 1. The van der Waals surface area contributed by atoms with Crippen LogP contribution in [0.2, 0.25) is 0 Å². The Morgan fingerprint density at radius 1 is 1.19 bits per heavy atom. The van der Waals surface area contributed by atoms with Gasteiger partial charge >= 0.3 is 0 Å². The van der Waals surface area contributed by atoms with Gasteiger partial charge in [0.1, 0.15) is 5.82 Å². The molecule has 27 heavy (non-hydrogen) atoms. The first-order valence-corrected chi connectivity index (χ1v) is 9.55. The average molecular weight is 374 g/mol. The van der Waals surface area contributed by atoms with E-state index in [9.17, 15) is 9.50 Å². The molecule has 146 valence electrons. The first-order valence-electron chi connectivity index (χ1n) is 9.55. The molecule has 6 nitrogen and oxygen atoms in total. The molecule has 1 N–H and O–H groups in total. The molecule has 4 rings (SSSR count). The van der Waals surface area contributed by atoms with Gasteiger partial charge in [-0.2, -0.15) is 5.10 Å². The number of β-amino-alcohol motifs (C(OH)–C–C–N with tert-alkyl or cyclic N) is 1. The van der Waals surface area contributed by atoms with Crippen molar-refractivity contribution >= 4 is 0 Å². The fourth-order valence-corrected chi connectivity index (χ4v) is 4.25. The summed E-state index contributed by atoms with van der Waals surface area (Å²) >= 11 is 0. The van der Waals surface area contributed by atoms with Gasteiger partial charge in [0.25, 0.3) is 0 Å². The summed E-state index contributed by atoms with van der Waals surface area (Å²) in [6, 6.07) is 6.97. The summed E-state index contributed by atoms with van der Waals surface area (Å²) < 4.78 is 21.3. The predicted molar refractivity (Wildman–Crippen MR) is 100 cm³/mol. The van der Waals surface area contributed by atoms with Crippen molar-refractivity contribution in [3.05, 3.63) is 47.0 Å². The Kier molecular flexibility index (Phi) is 5.27. The highest BCUT2D eigenvalue weighted by Gasteiger charge is 2.36. The fourth-order valence-electron chi connectivity index (χ4n) is 4.25. The van der Waals surface area contributed by atoms with Crippen molar-refractivity contribution in [2.75, 3.05) is 39.4 Å². The highest BCUT2D eigenvalue weighted by Crippen LogP contribution is 2.24. The zero-order valence-electron chi connectivity index (χ0n) is 15.9. The molecule has 3 heterocycles. The van der Waals surface area contributed by atoms with Crippen molar-refractivity contribution in [2.45, 2.75) is 32.5 Å². The third-order valence-electron chi connectivity index (χ3n) is 5.52. The minimum absolute atomic E-state index is 0.111. The average Bonchev–Trinajstić information content (AvgIpc) is 3.17. The van der Waals surface area contributed by atoms with Crippen LogP contribution in [-0.2, 0) is 11.3 Å². The Morgan fingerprint density at radius 2 is 1.96 bits per heavy atom. The maximum absolute atomic E-state index is 14.0. The molecule has 1 aromatic carbocycles. The van der Waals surface area contributed by atoms with Gasteiger partial charge in [0.15, 0.2) is 0 Å². The van der Waals surface area contributed by atoms with E-state index >= 15 is 0 Å². The Hall–Kier alpha value is -1.80. The van der Waals surface area contributed by atoms with E-state index in [4.69, 9.17) is 4.74 Å². The molecule has 2 atom stereocenters. The molecule has 2 fully saturated rings. The van der Waals surface area contributed by atoms with Crippen molar-refractivity contribution in [2.24, 2.45) is 0 Å². The lowest BCUT2D eigenvalue weighted by molar-refractivity contribution is -0.00618. The molecule has 0 amide bonds. The van der Waals surface area contributed by atoms with Gasteiger partial charge in [0, 0.05) is 44.5 Å². The SMILES string of the molecule is Cc1cc(C)n(-c2ccc(F)cc2CN2C[C@H](O)[C@@H](N3CCOCC3)C2)n1. The topological polar surface area (TPSA) is 53.8 Å². The van der Waals surface area contributed by atoms with Crippen molar-refractivity contribution in [1.29, 1.82) is 0 Å². The van der Waals surface area contributed by atoms with Crippen LogP contribution in [0.15, 0.2) is 24.3 Å². The normalized spacial score (nSPS) is 24.6. The van der Waals surface area contributed by atoms with Crippen LogP contribution in [0, 0.1) is 19.7 Å². The summed E-state index contributed by atoms with van der Waals surface area (Å²) in [6.45, 7) is 9.05. The number of hydrogen-bond acceptors (Lipinski definition) is 5. The Labute approximate surface area is 159 Å². The number of rotatable bonds is 4. The molecular weight excluding hydrogens is 347 g/mol. The number of benzene rings is 1. The van der Waals surface area contributed by atoms with Crippen molar-refractivity contribution in [3.63, 3.8) is 0 Å². The first kappa shape index (κ1) is 18.6. The molecule has 2 saturated heterocycles. The van der Waals surface area contributed by atoms with Crippen LogP contribution < -0.4 is 0 Å². The summed E-state index contributed by atoms with van der Waals surface area (Å²) in [7, 11) is 0. The standard InChI is InChI=1S/C20H27FN4O2/c1-14-9-15(2)25(22-14)18-4-3-17(21)10-16(18)11-23-12-19(20(26)13-23)24-5-7-27-8-6-24/h3-4,9-10,19-20,26H,5-8,11-13H2,1-2H3/t19-,20-/m0/s1. The third kappa shape index (κ3) is 3.91. The quantitative estimate of drug-likeness (QED) is 0.879. The summed E-state index contributed by atoms with van der Waals surface area (Å²) in [4.78, 5) is 4.51. The number of aliphatic hydroxyl groups excluding tert-OH is 1. The smallest absolute Gasteiger partial charge is 0.123 e. The molecule has 0 radical (unpaired) electrons. The lowest BCUT2D eigenvalue weighted by Crippen LogP contribution is -2.48. The van der Waals surface area contributed by atoms with Gasteiger partial charge in [-0.05, 0) is 43.7 Å². The summed E-state index contributed by atoms with van der Waals surface area (Å²) in [5.41, 5.74) is 3.74. The molecule has 0 saturated carbocycles. The highest BCUT2D eigenvalue weighted by molar-refractivity contribution is 5.42. The second kappa shape index (κ2) is 7.67. The van der Waals surface area contributed by atoms with E-state index in [1.807, 2.05) is 24.6 Å². The zero-order chi connectivity index (χ0) is 19.0. The van der Waals surface area contributed by atoms with E-state index in [1.165, 1.54) is 6.07 Å². The van der Waals surface area contributed by atoms with Crippen molar-refractivity contribution in [1.82, 2.24) is 19.6 Å². The summed E-state index contributed by atoms with van der Waals surface area (Å²) in [5, 5.41) is 15.1. The highest BCUT2D eigenvalue weighted by atomic mass is 19.1. The number of aryl methyl sites for hydroxylation is 2. The van der Waals surface area contributed by atoms with Crippen LogP contribution in [0.5, 0.6) is 0 Å². The van der Waals surface area contributed by atoms with Gasteiger partial charge in [-0.15, -0.1) is 0 Å². The lowest BCUT2D eigenvalue weighted by Gasteiger charge is -2.33. The van der Waals surface area contributed by atoms with E-state index in [0.717, 1.165) is 55.5 Å². The van der Waals surface area contributed by atoms with E-state index in [-0.39, 0.29) is 11.9 Å². The Morgan fingerprint density at radius 3 is 2.67 bits per heavy atom. The van der Waals surface area contributed by atoms with Crippen LogP contribution in [0.3, 0.4) is 0 Å². The molecule has 0 aliphatic carbocycles. The van der Waals surface area contributed by atoms with Crippen LogP contribution >= 0.6 is 0 Å². The minimum atomic E-state index is -0.395. The summed E-state index contributed by atoms with van der Waals surface area (Å²) in [6.07, 6.45) is -0.395. The van der Waals surface area contributed by atoms with Crippen LogP contribution in [-0.4, -0.2) is 76.2 Å². The number of likely N-dealkylation sites (tertiary alicyclic amines) is 1. The van der Waals surface area contributed by atoms with Gasteiger partial charge in [-0.25, -0.2) is 9.07 Å². The third-order valence-corrected chi connectivity index (χ3v) is 5.52. The van der Waals surface area contributed by atoms with Crippen LogP contribution in [0.4, 0.5) is 4.39 Å². The number of aliphatic hydroxyl groups is 1. The number of hydrogen-bond donors (Lipinski definition) is 1. The molecule has 0 spiro atoms. The zero-order valence-corrected chi connectivity index (χ0v) is 15.9. The fraction of sp³-hybridized carbons (Fsp3) is 0.550. The maximum Gasteiger partial charge on any atom is 0.123 e. The van der Waals surface area contributed by atoms with Crippen molar-refractivity contribution < 1.29 is 14.2 Å². The molecule has 7 heteroatoms. The number of halogens is 1. The summed E-state index contributed by atoms with van der Waals surface area (Å²) in [5.74, 6) is -0.250. The molecule has 0 unspecified atom stereocenters. The molecule has 2 aliphatic rings. The maximum atomic E-state index is 14.0. The van der Waals surface area contributed by atoms with E-state index in [2.05, 4.69) is 14.9 Å². The van der Waals surface area contributed by atoms with Crippen LogP contribution in [0.1, 0.15) is 17.0 Å². The predicted octanol–water partition coefficient (Wildman–Crippen LogP) is 1.51. The Bertz CT molecular complexity index is 803. The number of aromatic nitrogens is 2. The second-order valence-electron chi connectivity index (χ2n) is 7.59. The molecule has 2 aliphatic heterocycles. The lowest BCUT2D eigenvalue weighted by atomic mass is 10.1. The van der Waals surface area contributed by atoms with E-state index in [0.29, 0.717) is 13.1 Å². The minimum Gasteiger partial charge on any atom is -0.390 e. The van der Waals surface area contributed by atoms with E-state index in [1.54, 1.807) is 12.1 Å². The number of nitrogens with zero attached hydrogens (tertiary/aromatic N) is 4. The van der Waals surface area contributed by atoms with Gasteiger partial charge in [0.05, 0.1) is 30.7 Å². The molecule has 2 aromatic rings. The monoisotopic (exact) mass is 374 g/mol. The van der Waals surface area contributed by atoms with Gasteiger partial charge in [-0.3, -0.25) is 9.80 Å². The van der Waals surface area contributed by atoms with Crippen molar-refractivity contribution in [3.8, 4) is 5.69 Å². The Balaban J connectivity index is 1.54. The largest absolute Gasteiger partial charge is 0.390 e. The molecular formula is C20H27FN4O2. The molecule has 0 bridgehead atoms. The van der Waals surface area contributed by atoms with E-state index < -0.39 is 6.10 Å². The van der Waals surface area contributed by atoms with Gasteiger partial charge in [-0.1, -0.05) is 0 Å².